The Morgan fingerprint density at radius 2 is 2.20 bits per heavy atom. The topological polar surface area (TPSA) is 103 Å². The van der Waals surface area contributed by atoms with Gasteiger partial charge in [-0.25, -0.2) is 4.79 Å². The summed E-state index contributed by atoms with van der Waals surface area (Å²) in [5.41, 5.74) is 2.18. The van der Waals surface area contributed by atoms with Crippen LogP contribution in [0.25, 0.3) is 0 Å². The van der Waals surface area contributed by atoms with Crippen LogP contribution in [-0.2, 0) is 10.3 Å². The summed E-state index contributed by atoms with van der Waals surface area (Å²) in [5, 5.41) is 17.8. The van der Waals surface area contributed by atoms with Gasteiger partial charge in [-0.1, -0.05) is 17.8 Å². The van der Waals surface area contributed by atoms with Crippen molar-refractivity contribution >= 4 is 40.7 Å². The van der Waals surface area contributed by atoms with E-state index in [4.69, 9.17) is 5.11 Å². The number of hydrogen-bond acceptors (Lipinski definition) is 7. The van der Waals surface area contributed by atoms with Crippen molar-refractivity contribution in [1.82, 2.24) is 15.6 Å². The Labute approximate surface area is 153 Å². The number of aromatic carboxylic acids is 1. The van der Waals surface area contributed by atoms with E-state index in [1.54, 1.807) is 29.0 Å². The third-order valence-corrected chi connectivity index (χ3v) is 6.29. The Balaban J connectivity index is 1.89. The van der Waals surface area contributed by atoms with Crippen molar-refractivity contribution in [3.63, 3.8) is 0 Å². The first-order chi connectivity index (χ1) is 11.8. The van der Waals surface area contributed by atoms with Gasteiger partial charge in [0.05, 0.1) is 16.6 Å². The van der Waals surface area contributed by atoms with Crippen molar-refractivity contribution in [2.24, 2.45) is 0 Å². The van der Waals surface area contributed by atoms with E-state index in [0.29, 0.717) is 11.4 Å². The Hall–Kier alpha value is -2.10. The summed E-state index contributed by atoms with van der Waals surface area (Å²) >= 11 is 3.06. The number of thioether (sulfide) groups is 1. The molecule has 1 fully saturated rings. The first-order valence-corrected chi connectivity index (χ1v) is 9.41. The van der Waals surface area contributed by atoms with E-state index in [1.807, 2.05) is 13.1 Å². The Kier molecular flexibility index (Phi) is 4.72. The number of anilines is 1. The Bertz CT molecular complexity index is 798. The number of rotatable bonds is 5. The van der Waals surface area contributed by atoms with Crippen molar-refractivity contribution in [3.8, 4) is 0 Å². The molecule has 2 aromatic rings. The molecule has 0 bridgehead atoms. The molecule has 0 saturated carbocycles. The van der Waals surface area contributed by atoms with Crippen LogP contribution in [0.1, 0.15) is 29.1 Å². The minimum absolute atomic E-state index is 0.177. The second-order valence-corrected chi connectivity index (χ2v) is 8.06. The molecule has 1 saturated heterocycles. The van der Waals surface area contributed by atoms with Crippen LogP contribution < -0.4 is 16.0 Å². The summed E-state index contributed by atoms with van der Waals surface area (Å²) in [6, 6.07) is 6.49. The van der Waals surface area contributed by atoms with Gasteiger partial charge in [0.2, 0.25) is 11.0 Å². The summed E-state index contributed by atoms with van der Waals surface area (Å²) in [6.07, 6.45) is 1.81. The van der Waals surface area contributed by atoms with E-state index < -0.39 is 11.1 Å². The van der Waals surface area contributed by atoms with Crippen molar-refractivity contribution in [2.75, 3.05) is 11.1 Å². The third-order valence-electron chi connectivity index (χ3n) is 3.79. The highest BCUT2D eigenvalue weighted by atomic mass is 32.2. The first-order valence-electron chi connectivity index (χ1n) is 7.54. The number of thiazole rings is 1. The van der Waals surface area contributed by atoms with Crippen LogP contribution in [0.5, 0.6) is 0 Å². The molecule has 1 aromatic heterocycles. The van der Waals surface area contributed by atoms with Crippen molar-refractivity contribution in [2.45, 2.75) is 24.5 Å². The lowest BCUT2D eigenvalue weighted by Gasteiger charge is -2.34. The predicted molar refractivity (Wildman–Crippen MR) is 98.6 cm³/mol. The highest BCUT2D eigenvalue weighted by Gasteiger charge is 2.48. The fourth-order valence-electron chi connectivity index (χ4n) is 2.68. The maximum Gasteiger partial charge on any atom is 0.335 e. The average molecular weight is 378 g/mol. The van der Waals surface area contributed by atoms with Crippen LogP contribution >= 0.6 is 23.1 Å². The van der Waals surface area contributed by atoms with Gasteiger partial charge in [-0.15, -0.1) is 11.3 Å². The molecule has 1 amide bonds. The van der Waals surface area contributed by atoms with Crippen LogP contribution in [0.3, 0.4) is 0 Å². The second kappa shape index (κ2) is 6.66. The van der Waals surface area contributed by atoms with Crippen LogP contribution in [0, 0.1) is 0 Å². The lowest BCUT2D eigenvalue weighted by Crippen LogP contribution is -2.61. The van der Waals surface area contributed by atoms with E-state index in [1.165, 1.54) is 30.8 Å². The quantitative estimate of drug-likeness (QED) is 0.592. The molecule has 7 nitrogen and oxygen atoms in total. The summed E-state index contributed by atoms with van der Waals surface area (Å²) < 4.78 is 0. The zero-order valence-corrected chi connectivity index (χ0v) is 15.3. The number of benzene rings is 1. The molecule has 0 radical (unpaired) electrons. The fourth-order valence-corrected chi connectivity index (χ4v) is 4.95. The summed E-state index contributed by atoms with van der Waals surface area (Å²) in [4.78, 5) is 28.1. The molecule has 3 rings (SSSR count). The number of nitrogens with one attached hydrogen (secondary N) is 3. The van der Waals surface area contributed by atoms with Crippen LogP contribution in [-0.4, -0.2) is 32.8 Å². The maximum absolute atomic E-state index is 11.8. The number of hydrogen-bond donors (Lipinski definition) is 4. The van der Waals surface area contributed by atoms with Crippen LogP contribution in [0.2, 0.25) is 0 Å². The summed E-state index contributed by atoms with van der Waals surface area (Å²) in [7, 11) is 0. The van der Waals surface area contributed by atoms with Gasteiger partial charge in [0.1, 0.15) is 0 Å². The maximum atomic E-state index is 11.8. The van der Waals surface area contributed by atoms with Gasteiger partial charge in [-0.3, -0.25) is 15.1 Å². The largest absolute Gasteiger partial charge is 0.478 e. The number of aromatic nitrogens is 1. The van der Waals surface area contributed by atoms with Crippen LogP contribution in [0.4, 0.5) is 5.69 Å². The second-order valence-electron chi connectivity index (χ2n) is 5.98. The predicted octanol–water partition coefficient (Wildman–Crippen LogP) is 2.25. The Morgan fingerprint density at radius 3 is 2.84 bits per heavy atom. The van der Waals surface area contributed by atoms with Gasteiger partial charge in [0, 0.05) is 29.4 Å². The lowest BCUT2D eigenvalue weighted by atomic mass is 10.0. The van der Waals surface area contributed by atoms with E-state index >= 15 is 0 Å². The minimum Gasteiger partial charge on any atom is -0.478 e. The molecule has 2 atom stereocenters. The molecule has 2 heterocycles. The van der Waals surface area contributed by atoms with E-state index in [9.17, 15) is 9.59 Å². The number of amides is 1. The van der Waals surface area contributed by atoms with E-state index in [-0.39, 0.29) is 17.0 Å². The van der Waals surface area contributed by atoms with E-state index in [0.717, 1.165) is 4.88 Å². The standard InChI is InChI=1S/C16H18N4O3S2/c1-10(21)18-16(19-12-5-3-4-11(6-12)14(22)23)20-15(2,8-25-16)13-7-17-9-24-13/h3-7,9,19-20H,8H2,1-2H3,(H,18,21)(H,22,23). The molecule has 0 spiro atoms. The van der Waals surface area contributed by atoms with Gasteiger partial charge >= 0.3 is 5.97 Å². The minimum atomic E-state index is -1.00. The molecular formula is C16H18N4O3S2. The number of nitrogens with zero attached hydrogens (tertiary/aromatic N) is 1. The normalized spacial score (nSPS) is 25.5. The lowest BCUT2D eigenvalue weighted by molar-refractivity contribution is -0.120. The third kappa shape index (κ3) is 3.78. The number of carboxylic acid groups (broad SMARTS) is 1. The number of carboxylic acids is 1. The highest BCUT2D eigenvalue weighted by molar-refractivity contribution is 8.01. The molecule has 1 aliphatic heterocycles. The van der Waals surface area contributed by atoms with Gasteiger partial charge in [0.25, 0.3) is 0 Å². The molecule has 9 heteroatoms. The molecule has 132 valence electrons. The molecule has 4 N–H and O–H groups in total. The van der Waals surface area contributed by atoms with Gasteiger partial charge in [-0.05, 0) is 25.1 Å². The zero-order valence-electron chi connectivity index (χ0n) is 13.7. The fraction of sp³-hybridized carbons (Fsp3) is 0.312. The first kappa shape index (κ1) is 17.7. The summed E-state index contributed by atoms with van der Waals surface area (Å²) in [6.45, 7) is 3.49. The molecule has 1 aromatic carbocycles. The molecule has 0 aliphatic carbocycles. The van der Waals surface area contributed by atoms with Crippen molar-refractivity contribution in [1.29, 1.82) is 0 Å². The smallest absolute Gasteiger partial charge is 0.335 e. The molecular weight excluding hydrogens is 360 g/mol. The van der Waals surface area contributed by atoms with Gasteiger partial charge in [-0.2, -0.15) is 0 Å². The monoisotopic (exact) mass is 378 g/mol. The molecule has 1 aliphatic rings. The van der Waals surface area contributed by atoms with Gasteiger partial charge < -0.3 is 15.7 Å². The van der Waals surface area contributed by atoms with E-state index in [2.05, 4.69) is 20.9 Å². The molecule has 2 unspecified atom stereocenters. The SMILES string of the molecule is CC(=O)NC1(Nc2cccc(C(=O)O)c2)NC(C)(c2cncs2)CS1. The van der Waals surface area contributed by atoms with Crippen molar-refractivity contribution in [3.05, 3.63) is 46.4 Å². The number of carbonyl (C=O) groups is 2. The molecule has 25 heavy (non-hydrogen) atoms. The van der Waals surface area contributed by atoms with Crippen LogP contribution in [0.15, 0.2) is 36.0 Å². The van der Waals surface area contributed by atoms with Gasteiger partial charge in [0.15, 0.2) is 0 Å². The highest BCUT2D eigenvalue weighted by Crippen LogP contribution is 2.41. The zero-order chi connectivity index (χ0) is 18.1. The Morgan fingerprint density at radius 1 is 1.40 bits per heavy atom. The number of carbonyl (C=O) groups excluding carboxylic acids is 1. The average Bonchev–Trinajstić information content (AvgIpc) is 3.17. The van der Waals surface area contributed by atoms with Crippen molar-refractivity contribution < 1.29 is 14.7 Å². The summed E-state index contributed by atoms with van der Waals surface area (Å²) in [5.74, 6) is -0.490.